The third-order valence-electron chi connectivity index (χ3n) is 4.03. The summed E-state index contributed by atoms with van der Waals surface area (Å²) in [5.41, 5.74) is 5.76. The highest BCUT2D eigenvalue weighted by Gasteiger charge is 2.35. The van der Waals surface area contributed by atoms with E-state index in [9.17, 15) is 18.0 Å². The van der Waals surface area contributed by atoms with Gasteiger partial charge in [-0.25, -0.2) is 4.98 Å². The van der Waals surface area contributed by atoms with Crippen molar-refractivity contribution in [2.45, 2.75) is 19.5 Å². The third kappa shape index (κ3) is 4.19. The number of nitrogens with two attached hydrogens (primary N) is 1. The summed E-state index contributed by atoms with van der Waals surface area (Å²) < 4.78 is 40.0. The lowest BCUT2D eigenvalue weighted by molar-refractivity contribution is -0.136. The molecule has 0 fully saturated rings. The van der Waals surface area contributed by atoms with Crippen molar-refractivity contribution < 1.29 is 18.0 Å². The topological polar surface area (TPSA) is 68.0 Å². The van der Waals surface area contributed by atoms with E-state index in [2.05, 4.69) is 10.3 Å². The first-order valence-electron chi connectivity index (χ1n) is 8.07. The summed E-state index contributed by atoms with van der Waals surface area (Å²) in [6.45, 7) is 1.69. The fourth-order valence-electron chi connectivity index (χ4n) is 2.75. The molecular weight excluding hydrogens is 434 g/mol. The Morgan fingerprint density at radius 1 is 1.29 bits per heavy atom. The van der Waals surface area contributed by atoms with Gasteiger partial charge in [0.05, 0.1) is 11.3 Å². The van der Waals surface area contributed by atoms with Gasteiger partial charge in [0.2, 0.25) is 0 Å². The quantitative estimate of drug-likeness (QED) is 0.555. The molecule has 10 heteroatoms. The Hall–Kier alpha value is -2.03. The molecule has 2 heterocycles. The van der Waals surface area contributed by atoms with E-state index in [0.29, 0.717) is 16.5 Å². The average molecular weight is 448 g/mol. The molecule has 148 valence electrons. The van der Waals surface area contributed by atoms with Crippen LogP contribution in [0.1, 0.15) is 26.5 Å². The average Bonchev–Trinajstić information content (AvgIpc) is 2.91. The Labute approximate surface area is 172 Å². The first kappa shape index (κ1) is 20.7. The summed E-state index contributed by atoms with van der Waals surface area (Å²) in [5, 5.41) is 3.38. The van der Waals surface area contributed by atoms with Crippen LogP contribution in [0.5, 0.6) is 0 Å². The zero-order chi connectivity index (χ0) is 20.6. The minimum atomic E-state index is -4.60. The molecule has 0 aliphatic carbocycles. The number of carbonyl (C=O) groups is 1. The second kappa shape index (κ2) is 7.77. The fraction of sp³-hybridized carbons (Fsp3) is 0.222. The van der Waals surface area contributed by atoms with Crippen LogP contribution in [0.15, 0.2) is 24.3 Å². The molecule has 0 unspecified atom stereocenters. The van der Waals surface area contributed by atoms with Crippen LogP contribution in [-0.2, 0) is 12.6 Å². The van der Waals surface area contributed by atoms with Crippen LogP contribution < -0.4 is 11.1 Å². The van der Waals surface area contributed by atoms with E-state index in [1.54, 1.807) is 18.2 Å². The van der Waals surface area contributed by atoms with Gasteiger partial charge in [-0.05, 0) is 37.1 Å². The molecule has 3 aromatic rings. The maximum atomic E-state index is 13.3. The number of aromatic nitrogens is 1. The second-order valence-corrected chi connectivity index (χ2v) is 7.92. The number of nitrogens with one attached hydrogen (secondary N) is 1. The van der Waals surface area contributed by atoms with E-state index < -0.39 is 17.6 Å². The largest absolute Gasteiger partial charge is 0.417 e. The zero-order valence-electron chi connectivity index (χ0n) is 14.5. The van der Waals surface area contributed by atoms with Crippen LogP contribution >= 0.6 is 34.5 Å². The van der Waals surface area contributed by atoms with E-state index in [4.69, 9.17) is 28.9 Å². The predicted octanol–water partition coefficient (Wildman–Crippen LogP) is 5.49. The van der Waals surface area contributed by atoms with Gasteiger partial charge in [-0.2, -0.15) is 13.2 Å². The Kier molecular flexibility index (Phi) is 5.74. The zero-order valence-corrected chi connectivity index (χ0v) is 16.8. The van der Waals surface area contributed by atoms with Crippen LogP contribution in [0.2, 0.25) is 10.0 Å². The van der Waals surface area contributed by atoms with Crippen molar-refractivity contribution in [2.75, 3.05) is 12.3 Å². The third-order valence-corrected chi connectivity index (χ3v) is 5.72. The number of hydrogen-bond acceptors (Lipinski definition) is 4. The Bertz CT molecular complexity index is 1070. The Balaban J connectivity index is 1.83. The summed E-state index contributed by atoms with van der Waals surface area (Å²) in [4.78, 5) is 16.6. The number of aryl methyl sites for hydroxylation is 1. The van der Waals surface area contributed by atoms with Crippen molar-refractivity contribution in [2.24, 2.45) is 0 Å². The molecule has 0 atom stereocenters. The fourth-order valence-corrected chi connectivity index (χ4v) is 4.34. The molecule has 3 N–H and O–H groups in total. The van der Waals surface area contributed by atoms with Gasteiger partial charge in [-0.3, -0.25) is 4.79 Å². The smallest absolute Gasteiger partial charge is 0.397 e. The van der Waals surface area contributed by atoms with Crippen molar-refractivity contribution in [1.82, 2.24) is 10.3 Å². The lowest BCUT2D eigenvalue weighted by Crippen LogP contribution is -2.25. The summed E-state index contributed by atoms with van der Waals surface area (Å²) in [6.07, 6.45) is -4.17. The van der Waals surface area contributed by atoms with Gasteiger partial charge in [0, 0.05) is 27.7 Å². The lowest BCUT2D eigenvalue weighted by Gasteiger charge is -2.10. The maximum Gasteiger partial charge on any atom is 0.417 e. The standard InChI is InChI=1S/C18H14Cl2F3N3OS/c1-8-6-11(18(21,22)23)13-14(24)15(28-17(13)26-8)16(27)25-5-4-9-2-3-10(19)7-12(9)20/h2-3,6-7H,4-5,24H2,1H3,(H,25,27). The lowest BCUT2D eigenvalue weighted by atomic mass is 10.1. The molecule has 0 aliphatic rings. The van der Waals surface area contributed by atoms with Crippen molar-refractivity contribution >= 4 is 56.3 Å². The number of thiophene rings is 1. The van der Waals surface area contributed by atoms with Gasteiger partial charge in [0.1, 0.15) is 9.71 Å². The van der Waals surface area contributed by atoms with E-state index in [-0.39, 0.29) is 33.0 Å². The van der Waals surface area contributed by atoms with Crippen molar-refractivity contribution in [3.05, 3.63) is 56.0 Å². The molecule has 1 aromatic carbocycles. The molecule has 0 bridgehead atoms. The molecule has 0 saturated heterocycles. The predicted molar refractivity (Wildman–Crippen MR) is 106 cm³/mol. The van der Waals surface area contributed by atoms with Gasteiger partial charge in [-0.1, -0.05) is 29.3 Å². The Morgan fingerprint density at radius 3 is 2.64 bits per heavy atom. The van der Waals surface area contributed by atoms with Gasteiger partial charge in [0.25, 0.3) is 5.91 Å². The molecule has 3 rings (SSSR count). The van der Waals surface area contributed by atoms with Crippen LogP contribution in [0, 0.1) is 6.92 Å². The minimum Gasteiger partial charge on any atom is -0.397 e. The number of carbonyl (C=O) groups excluding carboxylic acids is 1. The molecule has 4 nitrogen and oxygen atoms in total. The highest BCUT2D eigenvalue weighted by atomic mass is 35.5. The van der Waals surface area contributed by atoms with Crippen LogP contribution in [0.4, 0.5) is 18.9 Å². The number of nitrogens with zero attached hydrogens (tertiary/aromatic N) is 1. The minimum absolute atomic E-state index is 0.000744. The molecule has 1 amide bonds. The molecule has 0 saturated carbocycles. The van der Waals surface area contributed by atoms with Crippen molar-refractivity contribution in [3.63, 3.8) is 0 Å². The molecular formula is C18H14Cl2F3N3OS. The first-order chi connectivity index (χ1) is 13.1. The monoisotopic (exact) mass is 447 g/mol. The maximum absolute atomic E-state index is 13.3. The van der Waals surface area contributed by atoms with Crippen LogP contribution in [0.25, 0.3) is 10.2 Å². The number of rotatable bonds is 4. The van der Waals surface area contributed by atoms with Gasteiger partial charge in [-0.15, -0.1) is 11.3 Å². The number of anilines is 1. The summed E-state index contributed by atoms with van der Waals surface area (Å²) >= 11 is 12.8. The number of alkyl halides is 3. The summed E-state index contributed by atoms with van der Waals surface area (Å²) in [5.74, 6) is -0.559. The molecule has 28 heavy (non-hydrogen) atoms. The molecule has 0 spiro atoms. The van der Waals surface area contributed by atoms with Crippen LogP contribution in [0.3, 0.4) is 0 Å². The van der Waals surface area contributed by atoms with Crippen molar-refractivity contribution in [1.29, 1.82) is 0 Å². The number of halogens is 5. The van der Waals surface area contributed by atoms with E-state index in [0.717, 1.165) is 23.0 Å². The number of pyridine rings is 1. The van der Waals surface area contributed by atoms with Crippen LogP contribution in [-0.4, -0.2) is 17.4 Å². The first-order valence-corrected chi connectivity index (χ1v) is 9.64. The van der Waals surface area contributed by atoms with Gasteiger partial charge in [0.15, 0.2) is 0 Å². The summed E-state index contributed by atoms with van der Waals surface area (Å²) in [6, 6.07) is 5.95. The van der Waals surface area contributed by atoms with E-state index in [1.807, 2.05) is 0 Å². The SMILES string of the molecule is Cc1cc(C(F)(F)F)c2c(N)c(C(=O)NCCc3ccc(Cl)cc3Cl)sc2n1. The highest BCUT2D eigenvalue weighted by Crippen LogP contribution is 2.42. The van der Waals surface area contributed by atoms with Gasteiger partial charge < -0.3 is 11.1 Å². The Morgan fingerprint density at radius 2 is 2.00 bits per heavy atom. The highest BCUT2D eigenvalue weighted by molar-refractivity contribution is 7.21. The number of amides is 1. The number of benzene rings is 1. The van der Waals surface area contributed by atoms with E-state index in [1.165, 1.54) is 6.92 Å². The van der Waals surface area contributed by atoms with Crippen molar-refractivity contribution in [3.8, 4) is 0 Å². The summed E-state index contributed by atoms with van der Waals surface area (Å²) in [7, 11) is 0. The van der Waals surface area contributed by atoms with Gasteiger partial charge >= 0.3 is 6.18 Å². The molecule has 0 radical (unpaired) electrons. The normalized spacial score (nSPS) is 11.8. The number of hydrogen-bond donors (Lipinski definition) is 2. The number of nitrogen functional groups attached to an aromatic ring is 1. The van der Waals surface area contributed by atoms with E-state index >= 15 is 0 Å². The number of fused-ring (bicyclic) bond motifs is 1. The second-order valence-electron chi connectivity index (χ2n) is 6.08. The molecule has 2 aromatic heterocycles. The molecule has 0 aliphatic heterocycles.